The van der Waals surface area contributed by atoms with E-state index in [-0.39, 0.29) is 0 Å². The summed E-state index contributed by atoms with van der Waals surface area (Å²) in [4.78, 5) is 9.23. The molecule has 5 rings (SSSR count). The summed E-state index contributed by atoms with van der Waals surface area (Å²) in [6.45, 7) is 4.09. The predicted molar refractivity (Wildman–Crippen MR) is 128 cm³/mol. The molecule has 9 nitrogen and oxygen atoms in total. The monoisotopic (exact) mass is 453 g/mol. The van der Waals surface area contributed by atoms with E-state index in [1.165, 1.54) is 38.8 Å². The highest BCUT2D eigenvalue weighted by molar-refractivity contribution is 5.87. The minimum absolute atomic E-state index is 0.561. The smallest absolute Gasteiger partial charge is 0.200 e. The summed E-state index contributed by atoms with van der Waals surface area (Å²) in [5.74, 6) is 2.56. The Kier molecular flexibility index (Phi) is 5.92. The van der Waals surface area contributed by atoms with Gasteiger partial charge in [0, 0.05) is 43.9 Å². The highest BCUT2D eigenvalue weighted by Gasteiger charge is 2.41. The lowest BCUT2D eigenvalue weighted by molar-refractivity contribution is 0.254. The normalized spacial score (nSPS) is 22.5. The van der Waals surface area contributed by atoms with Crippen LogP contribution in [0.2, 0.25) is 0 Å². The maximum absolute atomic E-state index is 7.02. The molecule has 1 atom stereocenters. The molecule has 3 aliphatic rings. The van der Waals surface area contributed by atoms with Crippen LogP contribution in [-0.2, 0) is 5.66 Å². The van der Waals surface area contributed by atoms with Crippen molar-refractivity contribution in [3.63, 3.8) is 0 Å². The Labute approximate surface area is 195 Å². The van der Waals surface area contributed by atoms with Crippen molar-refractivity contribution in [3.05, 3.63) is 35.2 Å². The van der Waals surface area contributed by atoms with E-state index in [1.807, 2.05) is 31.1 Å². The van der Waals surface area contributed by atoms with Crippen molar-refractivity contribution in [1.82, 2.24) is 25.3 Å². The number of likely N-dealkylation sites (tertiary alicyclic amines) is 1. The van der Waals surface area contributed by atoms with E-state index in [0.717, 1.165) is 35.6 Å². The van der Waals surface area contributed by atoms with E-state index < -0.39 is 5.66 Å². The number of benzene rings is 1. The Morgan fingerprint density at radius 1 is 1.18 bits per heavy atom. The molecule has 4 N–H and O–H groups in total. The zero-order valence-corrected chi connectivity index (χ0v) is 19.9. The molecule has 9 heteroatoms. The molecule has 1 saturated heterocycles. The van der Waals surface area contributed by atoms with Gasteiger partial charge in [0.1, 0.15) is 5.69 Å². The third-order valence-electron chi connectivity index (χ3n) is 6.76. The fraction of sp³-hybridized carbons (Fsp3) is 0.583. The highest BCUT2D eigenvalue weighted by atomic mass is 16.5. The molecular weight excluding hydrogens is 418 g/mol. The summed E-state index contributed by atoms with van der Waals surface area (Å²) in [6.07, 6.45) is 5.98. The van der Waals surface area contributed by atoms with Crippen LogP contribution in [0, 0.1) is 0 Å². The Balaban J connectivity index is 1.43. The topological polar surface area (TPSA) is 104 Å². The van der Waals surface area contributed by atoms with Crippen LogP contribution in [0.1, 0.15) is 55.0 Å². The van der Waals surface area contributed by atoms with Gasteiger partial charge in [-0.25, -0.2) is 4.99 Å². The van der Waals surface area contributed by atoms with Gasteiger partial charge in [-0.05, 0) is 57.3 Å². The molecule has 2 aromatic rings. The quantitative estimate of drug-likeness (QED) is 0.528. The van der Waals surface area contributed by atoms with E-state index in [2.05, 4.69) is 26.5 Å². The number of hydrogen-bond donors (Lipinski definition) is 3. The van der Waals surface area contributed by atoms with E-state index in [0.29, 0.717) is 30.0 Å². The van der Waals surface area contributed by atoms with Crippen LogP contribution >= 0.6 is 0 Å². The molecule has 2 fully saturated rings. The first-order chi connectivity index (χ1) is 16.0. The minimum atomic E-state index is -1.04. The van der Waals surface area contributed by atoms with Gasteiger partial charge in [-0.2, -0.15) is 5.10 Å². The molecule has 0 radical (unpaired) electrons. The van der Waals surface area contributed by atoms with Gasteiger partial charge in [0.2, 0.25) is 5.96 Å². The third kappa shape index (κ3) is 4.39. The molecule has 178 valence electrons. The molecule has 1 saturated carbocycles. The fourth-order valence-electron chi connectivity index (χ4n) is 4.65. The first-order valence-electron chi connectivity index (χ1n) is 11.9. The second-order valence-corrected chi connectivity index (χ2v) is 9.52. The van der Waals surface area contributed by atoms with Crippen molar-refractivity contribution < 1.29 is 9.47 Å². The number of aromatic amines is 1. The van der Waals surface area contributed by atoms with Gasteiger partial charge in [-0.15, -0.1) is 0 Å². The summed E-state index contributed by atoms with van der Waals surface area (Å²) in [5, 5.41) is 11.2. The van der Waals surface area contributed by atoms with E-state index >= 15 is 0 Å². The first-order valence-corrected chi connectivity index (χ1v) is 11.9. The number of nitrogens with two attached hydrogens (primary N) is 1. The average molecular weight is 454 g/mol. The number of ether oxygens (including phenoxy) is 2. The number of guanidine groups is 1. The molecule has 0 bridgehead atoms. The Morgan fingerprint density at radius 3 is 2.67 bits per heavy atom. The van der Waals surface area contributed by atoms with E-state index in [1.54, 1.807) is 7.11 Å². The number of aliphatic imine (C=N–C) groups is 1. The lowest BCUT2D eigenvalue weighted by atomic mass is 9.92. The fourth-order valence-corrected chi connectivity index (χ4v) is 4.65. The van der Waals surface area contributed by atoms with Crippen LogP contribution < -0.4 is 20.5 Å². The summed E-state index contributed by atoms with van der Waals surface area (Å²) in [7, 11) is 5.54. The molecule has 0 amide bonds. The van der Waals surface area contributed by atoms with Crippen molar-refractivity contribution >= 4 is 11.6 Å². The van der Waals surface area contributed by atoms with E-state index in [9.17, 15) is 0 Å². The van der Waals surface area contributed by atoms with Crippen molar-refractivity contribution in [2.24, 2.45) is 10.7 Å². The largest absolute Gasteiger partial charge is 0.493 e. The summed E-state index contributed by atoms with van der Waals surface area (Å²) < 4.78 is 11.8. The highest BCUT2D eigenvalue weighted by Crippen LogP contribution is 2.44. The number of methoxy groups -OCH3 is 1. The van der Waals surface area contributed by atoms with Gasteiger partial charge in [-0.1, -0.05) is 0 Å². The molecule has 1 aromatic heterocycles. The van der Waals surface area contributed by atoms with Gasteiger partial charge >= 0.3 is 0 Å². The Hall–Kier alpha value is -2.78. The molecule has 3 heterocycles. The molecule has 2 aliphatic heterocycles. The van der Waals surface area contributed by atoms with Gasteiger partial charge in [0.25, 0.3) is 0 Å². The maximum Gasteiger partial charge on any atom is 0.200 e. The van der Waals surface area contributed by atoms with Crippen molar-refractivity contribution in [1.29, 1.82) is 0 Å². The summed E-state index contributed by atoms with van der Waals surface area (Å²) in [5.41, 5.74) is 9.41. The number of hydrogen-bond acceptors (Lipinski definition) is 8. The van der Waals surface area contributed by atoms with Crippen LogP contribution in [0.3, 0.4) is 0 Å². The second kappa shape index (κ2) is 8.87. The molecule has 1 aromatic carbocycles. The summed E-state index contributed by atoms with van der Waals surface area (Å²) in [6, 6.07) is 5.94. The average Bonchev–Trinajstić information content (AvgIpc) is 3.30. The van der Waals surface area contributed by atoms with Crippen LogP contribution in [0.5, 0.6) is 11.5 Å². The number of fused-ring (bicyclic) bond motifs is 1. The predicted octanol–water partition coefficient (Wildman–Crippen LogP) is 2.47. The van der Waals surface area contributed by atoms with Crippen LogP contribution in [0.15, 0.2) is 23.2 Å². The first kappa shape index (κ1) is 22.0. The number of aromatic nitrogens is 2. The van der Waals surface area contributed by atoms with Crippen LogP contribution in [-0.4, -0.2) is 73.4 Å². The number of nitrogens with zero attached hydrogens (tertiary/aromatic N) is 4. The van der Waals surface area contributed by atoms with Crippen molar-refractivity contribution in [3.8, 4) is 11.5 Å². The zero-order valence-electron chi connectivity index (χ0n) is 19.9. The van der Waals surface area contributed by atoms with Crippen LogP contribution in [0.25, 0.3) is 0 Å². The van der Waals surface area contributed by atoms with Gasteiger partial charge < -0.3 is 24.6 Å². The molecule has 0 spiro atoms. The van der Waals surface area contributed by atoms with Gasteiger partial charge in [0.15, 0.2) is 17.2 Å². The van der Waals surface area contributed by atoms with Gasteiger partial charge in [-0.3, -0.25) is 10.8 Å². The minimum Gasteiger partial charge on any atom is -0.493 e. The number of H-pyrrole nitrogens is 1. The Bertz CT molecular complexity index is 1020. The molecule has 1 unspecified atom stereocenters. The molecular formula is C24H35N7O2. The molecule has 33 heavy (non-hydrogen) atoms. The summed E-state index contributed by atoms with van der Waals surface area (Å²) >= 11 is 0. The van der Waals surface area contributed by atoms with E-state index in [4.69, 9.17) is 20.2 Å². The van der Waals surface area contributed by atoms with Gasteiger partial charge in [0.05, 0.1) is 19.4 Å². The second-order valence-electron chi connectivity index (χ2n) is 9.52. The lowest BCUT2D eigenvalue weighted by Gasteiger charge is -2.37. The zero-order chi connectivity index (χ0) is 23.0. The van der Waals surface area contributed by atoms with Crippen molar-refractivity contribution in [2.75, 3.05) is 47.4 Å². The maximum atomic E-state index is 7.02. The SMILES string of the molecule is COc1cc2c(cc1OCCCN1CCCC1)N=C(N(C)C)NC2(N)c1cc(C2CC2)[nH]n1. The lowest BCUT2D eigenvalue weighted by Crippen LogP contribution is -2.58. The number of rotatable bonds is 8. The van der Waals surface area contributed by atoms with Crippen LogP contribution in [0.4, 0.5) is 5.69 Å². The molecule has 1 aliphatic carbocycles. The third-order valence-corrected chi connectivity index (χ3v) is 6.76. The standard InChI is InChI=1S/C24H35N7O2/c1-30(2)23-26-19-14-21(33-12-6-11-31-9-4-5-10-31)20(32-3)13-17(19)24(25,27-23)22-15-18(28-29-22)16-7-8-16/h13-16H,4-12,25H2,1-3H3,(H,26,27)(H,28,29). The van der Waals surface area contributed by atoms with Crippen molar-refractivity contribution in [2.45, 2.75) is 43.7 Å². The number of nitrogens with one attached hydrogen (secondary N) is 2. The Morgan fingerprint density at radius 2 is 1.97 bits per heavy atom.